The summed E-state index contributed by atoms with van der Waals surface area (Å²) in [5.74, 6) is 2.54. The van der Waals surface area contributed by atoms with Crippen LogP contribution in [0.15, 0.2) is 4.99 Å². The minimum absolute atomic E-state index is 0. The molecule has 0 spiro atoms. The molecule has 2 rings (SSSR count). The summed E-state index contributed by atoms with van der Waals surface area (Å²) >= 11 is 0. The molecule has 0 bridgehead atoms. The number of rotatable bonds is 8. The molecular weight excluding hydrogens is 459 g/mol. The maximum absolute atomic E-state index is 5.94. The van der Waals surface area contributed by atoms with Crippen molar-refractivity contribution in [2.24, 2.45) is 12.0 Å². The van der Waals surface area contributed by atoms with Crippen LogP contribution in [0, 0.1) is 6.92 Å². The fourth-order valence-corrected chi connectivity index (χ4v) is 3.08. The van der Waals surface area contributed by atoms with Crippen LogP contribution in [0.5, 0.6) is 0 Å². The van der Waals surface area contributed by atoms with E-state index in [4.69, 9.17) is 9.47 Å². The van der Waals surface area contributed by atoms with Crippen molar-refractivity contribution in [2.45, 2.75) is 71.2 Å². The number of nitrogens with one attached hydrogen (secondary N) is 2. The highest BCUT2D eigenvalue weighted by Gasteiger charge is 2.23. The molecule has 27 heavy (non-hydrogen) atoms. The second kappa shape index (κ2) is 12.5. The zero-order chi connectivity index (χ0) is 18.9. The molecule has 1 aliphatic carbocycles. The van der Waals surface area contributed by atoms with E-state index in [0.29, 0.717) is 37.9 Å². The summed E-state index contributed by atoms with van der Waals surface area (Å²) in [6, 6.07) is 0.414. The standard InChI is InChI=1S/C18H34N6O2.HI/c1-13(2)26-16-8-6-15(7-9-16)21-18(19-10-11-25-5)20-12-17-23-22-14(3)24(17)4;/h13,15-16H,6-12H2,1-5H3,(H2,19,20,21);1H. The summed E-state index contributed by atoms with van der Waals surface area (Å²) in [6.45, 7) is 7.98. The molecule has 1 heterocycles. The van der Waals surface area contributed by atoms with Crippen LogP contribution in [0.1, 0.15) is 51.2 Å². The quantitative estimate of drug-likeness (QED) is 0.250. The van der Waals surface area contributed by atoms with Gasteiger partial charge in [0, 0.05) is 26.7 Å². The largest absolute Gasteiger partial charge is 0.383 e. The monoisotopic (exact) mass is 494 g/mol. The summed E-state index contributed by atoms with van der Waals surface area (Å²) in [6.07, 6.45) is 5.04. The van der Waals surface area contributed by atoms with E-state index in [1.54, 1.807) is 7.11 Å². The van der Waals surface area contributed by atoms with Crippen molar-refractivity contribution in [2.75, 3.05) is 20.3 Å². The zero-order valence-electron chi connectivity index (χ0n) is 17.2. The molecule has 1 fully saturated rings. The molecule has 0 unspecified atom stereocenters. The van der Waals surface area contributed by atoms with Crippen LogP contribution in [-0.2, 0) is 23.1 Å². The van der Waals surface area contributed by atoms with E-state index < -0.39 is 0 Å². The number of nitrogens with zero attached hydrogens (tertiary/aromatic N) is 4. The van der Waals surface area contributed by atoms with Crippen molar-refractivity contribution in [1.29, 1.82) is 0 Å². The summed E-state index contributed by atoms with van der Waals surface area (Å²) in [4.78, 5) is 4.69. The van der Waals surface area contributed by atoms with Crippen molar-refractivity contribution in [1.82, 2.24) is 25.4 Å². The first-order chi connectivity index (χ1) is 12.5. The number of methoxy groups -OCH3 is 1. The van der Waals surface area contributed by atoms with Gasteiger partial charge in [-0.15, -0.1) is 34.2 Å². The van der Waals surface area contributed by atoms with Crippen LogP contribution >= 0.6 is 24.0 Å². The lowest BCUT2D eigenvalue weighted by atomic mass is 9.93. The average Bonchev–Trinajstić information content (AvgIpc) is 2.93. The van der Waals surface area contributed by atoms with Gasteiger partial charge in [-0.05, 0) is 46.5 Å². The molecule has 8 nitrogen and oxygen atoms in total. The first-order valence-electron chi connectivity index (χ1n) is 9.53. The number of ether oxygens (including phenoxy) is 2. The van der Waals surface area contributed by atoms with E-state index in [2.05, 4.69) is 39.7 Å². The maximum atomic E-state index is 5.94. The molecule has 0 atom stereocenters. The smallest absolute Gasteiger partial charge is 0.192 e. The molecule has 0 aliphatic heterocycles. The van der Waals surface area contributed by atoms with E-state index in [1.165, 1.54) is 0 Å². The van der Waals surface area contributed by atoms with Crippen molar-refractivity contribution in [3.05, 3.63) is 11.6 Å². The van der Waals surface area contributed by atoms with Gasteiger partial charge >= 0.3 is 0 Å². The number of guanidine groups is 1. The topological polar surface area (TPSA) is 85.6 Å². The van der Waals surface area contributed by atoms with E-state index in [-0.39, 0.29) is 24.0 Å². The molecule has 1 aromatic heterocycles. The van der Waals surface area contributed by atoms with Gasteiger partial charge in [0.1, 0.15) is 12.4 Å². The van der Waals surface area contributed by atoms with Gasteiger partial charge < -0.3 is 24.7 Å². The molecular formula is C18H35IN6O2. The summed E-state index contributed by atoms with van der Waals surface area (Å²) in [5, 5.41) is 15.2. The molecule has 1 saturated carbocycles. The third-order valence-electron chi connectivity index (χ3n) is 4.64. The Morgan fingerprint density at radius 1 is 1.26 bits per heavy atom. The lowest BCUT2D eigenvalue weighted by Gasteiger charge is -2.31. The van der Waals surface area contributed by atoms with Gasteiger partial charge in [0.25, 0.3) is 0 Å². The molecule has 1 aliphatic rings. The second-order valence-corrected chi connectivity index (χ2v) is 7.11. The van der Waals surface area contributed by atoms with Gasteiger partial charge in [0.15, 0.2) is 11.8 Å². The van der Waals surface area contributed by atoms with Gasteiger partial charge in [0.2, 0.25) is 0 Å². The van der Waals surface area contributed by atoms with Gasteiger partial charge in [-0.1, -0.05) is 0 Å². The summed E-state index contributed by atoms with van der Waals surface area (Å²) in [5.41, 5.74) is 0. The molecule has 156 valence electrons. The van der Waals surface area contributed by atoms with Gasteiger partial charge in [-0.2, -0.15) is 0 Å². The molecule has 0 aromatic carbocycles. The highest BCUT2D eigenvalue weighted by molar-refractivity contribution is 14.0. The van der Waals surface area contributed by atoms with Gasteiger partial charge in [0.05, 0.1) is 18.8 Å². The minimum atomic E-state index is 0. The average molecular weight is 494 g/mol. The Kier molecular flexibility index (Phi) is 11.2. The van der Waals surface area contributed by atoms with Crippen LogP contribution in [0.4, 0.5) is 0 Å². The number of aliphatic imine (C=N–C) groups is 1. The van der Waals surface area contributed by atoms with Crippen LogP contribution < -0.4 is 10.6 Å². The molecule has 0 saturated heterocycles. The van der Waals surface area contributed by atoms with E-state index >= 15 is 0 Å². The molecule has 0 amide bonds. The first-order valence-corrected chi connectivity index (χ1v) is 9.53. The third kappa shape index (κ3) is 8.30. The summed E-state index contributed by atoms with van der Waals surface area (Å²) in [7, 11) is 3.66. The van der Waals surface area contributed by atoms with Gasteiger partial charge in [-0.3, -0.25) is 0 Å². The highest BCUT2D eigenvalue weighted by Crippen LogP contribution is 2.22. The Morgan fingerprint density at radius 3 is 2.52 bits per heavy atom. The Balaban J connectivity index is 0.00000364. The van der Waals surface area contributed by atoms with E-state index in [0.717, 1.165) is 43.3 Å². The van der Waals surface area contributed by atoms with E-state index in [9.17, 15) is 0 Å². The summed E-state index contributed by atoms with van der Waals surface area (Å²) < 4.78 is 13.0. The first kappa shape index (κ1) is 24.1. The number of hydrogen-bond acceptors (Lipinski definition) is 5. The second-order valence-electron chi connectivity index (χ2n) is 7.11. The molecule has 0 radical (unpaired) electrons. The van der Waals surface area contributed by atoms with Crippen molar-refractivity contribution >= 4 is 29.9 Å². The lowest BCUT2D eigenvalue weighted by Crippen LogP contribution is -2.46. The highest BCUT2D eigenvalue weighted by atomic mass is 127. The van der Waals surface area contributed by atoms with Crippen molar-refractivity contribution in [3.8, 4) is 0 Å². The Bertz CT molecular complexity index is 570. The minimum Gasteiger partial charge on any atom is -0.383 e. The fourth-order valence-electron chi connectivity index (χ4n) is 3.08. The fraction of sp³-hybridized carbons (Fsp3) is 0.833. The van der Waals surface area contributed by atoms with E-state index in [1.807, 2.05) is 18.5 Å². The van der Waals surface area contributed by atoms with Crippen LogP contribution in [0.3, 0.4) is 0 Å². The van der Waals surface area contributed by atoms with Crippen LogP contribution in [-0.4, -0.2) is 59.2 Å². The Morgan fingerprint density at radius 2 is 1.96 bits per heavy atom. The number of aryl methyl sites for hydroxylation is 1. The SMILES string of the molecule is COCCNC(=NCc1nnc(C)n1C)NC1CCC(OC(C)C)CC1.I. The van der Waals surface area contributed by atoms with Crippen LogP contribution in [0.25, 0.3) is 0 Å². The number of aromatic nitrogens is 3. The number of hydrogen-bond donors (Lipinski definition) is 2. The zero-order valence-corrected chi connectivity index (χ0v) is 19.5. The third-order valence-corrected chi connectivity index (χ3v) is 4.64. The maximum Gasteiger partial charge on any atom is 0.192 e. The van der Waals surface area contributed by atoms with Crippen LogP contribution in [0.2, 0.25) is 0 Å². The number of halogens is 1. The predicted molar refractivity (Wildman–Crippen MR) is 118 cm³/mol. The van der Waals surface area contributed by atoms with Crippen molar-refractivity contribution in [3.63, 3.8) is 0 Å². The van der Waals surface area contributed by atoms with Gasteiger partial charge in [-0.25, -0.2) is 4.99 Å². The van der Waals surface area contributed by atoms with Crippen molar-refractivity contribution < 1.29 is 9.47 Å². The lowest BCUT2D eigenvalue weighted by molar-refractivity contribution is -0.0152. The Labute approximate surface area is 179 Å². The molecule has 2 N–H and O–H groups in total. The predicted octanol–water partition coefficient (Wildman–Crippen LogP) is 2.16. The Hall–Kier alpha value is -0.940. The molecule has 1 aromatic rings. The molecule has 9 heteroatoms. The normalized spacial score (nSPS) is 20.4.